The van der Waals surface area contributed by atoms with E-state index in [-0.39, 0.29) is 0 Å². The molecule has 17 heavy (non-hydrogen) atoms. The molecule has 0 aromatic carbocycles. The minimum absolute atomic E-state index is 0.386. The molecule has 1 atom stereocenters. The minimum atomic E-state index is 0.386. The Bertz CT molecular complexity index is 565. The van der Waals surface area contributed by atoms with Crippen molar-refractivity contribution in [3.05, 3.63) is 12.0 Å². The second-order valence-corrected chi connectivity index (χ2v) is 5.66. The van der Waals surface area contributed by atoms with Gasteiger partial charge in [0, 0.05) is 36.0 Å². The van der Waals surface area contributed by atoms with Crippen molar-refractivity contribution >= 4 is 39.7 Å². The zero-order valence-corrected chi connectivity index (χ0v) is 11.6. The highest BCUT2D eigenvalue weighted by Gasteiger charge is 2.26. The van der Waals surface area contributed by atoms with Gasteiger partial charge in [0.25, 0.3) is 0 Å². The topological polar surface area (TPSA) is 72.9 Å². The van der Waals surface area contributed by atoms with E-state index < -0.39 is 0 Å². The van der Waals surface area contributed by atoms with Gasteiger partial charge in [0.15, 0.2) is 5.65 Å². The molecule has 6 nitrogen and oxygen atoms in total. The molecule has 3 heterocycles. The lowest BCUT2D eigenvalue weighted by atomic mass is 10.2. The molecular weight excluding hydrogens is 331 g/mol. The fourth-order valence-corrected chi connectivity index (χ4v) is 3.06. The Kier molecular flexibility index (Phi) is 2.66. The van der Waals surface area contributed by atoms with Crippen molar-refractivity contribution in [3.63, 3.8) is 0 Å². The molecule has 1 unspecified atom stereocenters. The fourth-order valence-electron chi connectivity index (χ4n) is 2.32. The summed E-state index contributed by atoms with van der Waals surface area (Å²) in [5.74, 6) is 0.517. The van der Waals surface area contributed by atoms with Crippen molar-refractivity contribution < 1.29 is 0 Å². The number of rotatable bonds is 1. The summed E-state index contributed by atoms with van der Waals surface area (Å²) in [5.41, 5.74) is 7.64. The van der Waals surface area contributed by atoms with Gasteiger partial charge in [-0.25, -0.2) is 17.8 Å². The van der Waals surface area contributed by atoms with Crippen LogP contribution in [0.25, 0.3) is 11.0 Å². The van der Waals surface area contributed by atoms with Crippen molar-refractivity contribution in [3.8, 4) is 0 Å². The first kappa shape index (κ1) is 11.1. The molecule has 0 radical (unpaired) electrons. The summed E-state index contributed by atoms with van der Waals surface area (Å²) in [6.07, 6.45) is 2.61. The van der Waals surface area contributed by atoms with Crippen LogP contribution in [-0.2, 0) is 0 Å². The van der Waals surface area contributed by atoms with Gasteiger partial charge < -0.3 is 5.73 Å². The average molecular weight is 344 g/mol. The van der Waals surface area contributed by atoms with Gasteiger partial charge in [0.1, 0.15) is 12.1 Å². The molecule has 0 aliphatic carbocycles. The Hall–Kier alpha value is -0.960. The van der Waals surface area contributed by atoms with Crippen molar-refractivity contribution in [2.75, 3.05) is 18.8 Å². The van der Waals surface area contributed by atoms with Crippen LogP contribution in [-0.4, -0.2) is 36.0 Å². The summed E-state index contributed by atoms with van der Waals surface area (Å²) in [6, 6.07) is 0.386. The number of aryl methyl sites for hydroxylation is 1. The lowest BCUT2D eigenvalue weighted by molar-refractivity contribution is 0.481. The third-order valence-corrected chi connectivity index (χ3v) is 4.03. The number of hydrogen-bond donors (Lipinski definition) is 1. The van der Waals surface area contributed by atoms with E-state index in [4.69, 9.17) is 5.73 Å². The number of nitrogen functional groups attached to an aromatic ring is 1. The zero-order chi connectivity index (χ0) is 12.0. The quantitative estimate of drug-likeness (QED) is 0.624. The van der Waals surface area contributed by atoms with E-state index in [9.17, 15) is 0 Å². The molecule has 0 amide bonds. The fraction of sp³-hybridized carbons (Fsp3) is 0.500. The number of nitrogens with zero attached hydrogens (tertiary/aromatic N) is 5. The van der Waals surface area contributed by atoms with Crippen LogP contribution < -0.4 is 5.73 Å². The first-order valence-corrected chi connectivity index (χ1v) is 6.49. The maximum Gasteiger partial charge on any atom is 0.163 e. The molecule has 2 aromatic rings. The monoisotopic (exact) mass is 344 g/mol. The molecule has 2 aromatic heterocycles. The van der Waals surface area contributed by atoms with Gasteiger partial charge in [-0.05, 0) is 13.3 Å². The smallest absolute Gasteiger partial charge is 0.163 e. The first-order valence-electron chi connectivity index (χ1n) is 5.53. The number of halogens is 1. The van der Waals surface area contributed by atoms with Crippen molar-refractivity contribution in [2.24, 2.45) is 0 Å². The van der Waals surface area contributed by atoms with E-state index in [2.05, 4.69) is 41.0 Å². The summed E-state index contributed by atoms with van der Waals surface area (Å²) in [7, 11) is 0. The van der Waals surface area contributed by atoms with Crippen LogP contribution in [0.15, 0.2) is 6.33 Å². The van der Waals surface area contributed by atoms with Gasteiger partial charge in [-0.3, -0.25) is 0 Å². The Morgan fingerprint density at radius 1 is 1.47 bits per heavy atom. The number of anilines is 1. The Balaban J connectivity index is 2.14. The highest BCUT2D eigenvalue weighted by atomic mass is 127. The normalized spacial score (nSPS) is 21.4. The third-order valence-electron chi connectivity index (χ3n) is 3.15. The van der Waals surface area contributed by atoms with E-state index in [0.29, 0.717) is 11.9 Å². The second-order valence-electron chi connectivity index (χ2n) is 4.30. The Morgan fingerprint density at radius 2 is 2.29 bits per heavy atom. The number of fused-ring (bicyclic) bond motifs is 1. The molecule has 7 heteroatoms. The SMILES string of the molecule is Cc1nn(C2CCN(I)C2)c2ncnc(N)c12. The van der Waals surface area contributed by atoms with Crippen LogP contribution in [0.3, 0.4) is 0 Å². The predicted molar refractivity (Wildman–Crippen MR) is 73.7 cm³/mol. The lowest BCUT2D eigenvalue weighted by Crippen LogP contribution is -2.14. The molecular formula is C10H13IN6. The zero-order valence-electron chi connectivity index (χ0n) is 9.47. The maximum absolute atomic E-state index is 5.88. The molecule has 0 saturated carbocycles. The third kappa shape index (κ3) is 1.77. The second kappa shape index (κ2) is 4.05. The van der Waals surface area contributed by atoms with E-state index in [1.807, 2.05) is 11.6 Å². The maximum atomic E-state index is 5.88. The molecule has 90 valence electrons. The van der Waals surface area contributed by atoms with Crippen LogP contribution in [0.2, 0.25) is 0 Å². The summed E-state index contributed by atoms with van der Waals surface area (Å²) in [6.45, 7) is 4.04. The average Bonchev–Trinajstić information content (AvgIpc) is 2.84. The summed E-state index contributed by atoms with van der Waals surface area (Å²) >= 11 is 2.35. The van der Waals surface area contributed by atoms with Gasteiger partial charge in [-0.15, -0.1) is 0 Å². The Morgan fingerprint density at radius 3 is 3.00 bits per heavy atom. The molecule has 3 rings (SSSR count). The summed E-state index contributed by atoms with van der Waals surface area (Å²) in [5, 5.41) is 5.46. The molecule has 1 saturated heterocycles. The first-order chi connectivity index (χ1) is 8.16. The van der Waals surface area contributed by atoms with E-state index in [1.54, 1.807) is 0 Å². The Labute approximate surface area is 113 Å². The van der Waals surface area contributed by atoms with Crippen LogP contribution in [0.5, 0.6) is 0 Å². The van der Waals surface area contributed by atoms with E-state index >= 15 is 0 Å². The van der Waals surface area contributed by atoms with Crippen LogP contribution in [0.4, 0.5) is 5.82 Å². The van der Waals surface area contributed by atoms with Gasteiger partial charge in [-0.2, -0.15) is 5.10 Å². The van der Waals surface area contributed by atoms with Crippen molar-refractivity contribution in [2.45, 2.75) is 19.4 Å². The van der Waals surface area contributed by atoms with Crippen molar-refractivity contribution in [1.29, 1.82) is 0 Å². The predicted octanol–water partition coefficient (Wildman–Crippen LogP) is 1.31. The number of aromatic nitrogens is 4. The largest absolute Gasteiger partial charge is 0.383 e. The molecule has 1 fully saturated rings. The van der Waals surface area contributed by atoms with Crippen LogP contribution >= 0.6 is 22.9 Å². The molecule has 0 spiro atoms. The van der Waals surface area contributed by atoms with Gasteiger partial charge >= 0.3 is 0 Å². The number of nitrogens with two attached hydrogens (primary N) is 1. The summed E-state index contributed by atoms with van der Waals surface area (Å²) in [4.78, 5) is 8.35. The van der Waals surface area contributed by atoms with Gasteiger partial charge in [0.2, 0.25) is 0 Å². The van der Waals surface area contributed by atoms with Gasteiger partial charge in [0.05, 0.1) is 17.1 Å². The highest BCUT2D eigenvalue weighted by molar-refractivity contribution is 14.1. The lowest BCUT2D eigenvalue weighted by Gasteiger charge is -2.10. The van der Waals surface area contributed by atoms with Crippen LogP contribution in [0, 0.1) is 6.92 Å². The molecule has 2 N–H and O–H groups in total. The molecule has 1 aliphatic rings. The molecule has 1 aliphatic heterocycles. The standard InChI is InChI=1S/C10H13IN6/c1-6-8-9(12)13-5-14-10(8)17(15-6)7-2-3-16(11)4-7/h5,7H,2-4H2,1H3,(H2,12,13,14). The molecule has 0 bridgehead atoms. The summed E-state index contributed by atoms with van der Waals surface area (Å²) < 4.78 is 4.27. The van der Waals surface area contributed by atoms with E-state index in [0.717, 1.165) is 36.2 Å². The van der Waals surface area contributed by atoms with Crippen molar-refractivity contribution in [1.82, 2.24) is 22.9 Å². The number of hydrogen-bond acceptors (Lipinski definition) is 5. The minimum Gasteiger partial charge on any atom is -0.383 e. The van der Waals surface area contributed by atoms with Gasteiger partial charge in [-0.1, -0.05) is 0 Å². The highest BCUT2D eigenvalue weighted by Crippen LogP contribution is 2.29. The van der Waals surface area contributed by atoms with E-state index in [1.165, 1.54) is 6.33 Å². The van der Waals surface area contributed by atoms with Crippen LogP contribution in [0.1, 0.15) is 18.2 Å².